The van der Waals surface area contributed by atoms with Gasteiger partial charge in [0.15, 0.2) is 0 Å². The molecule has 0 atom stereocenters. The number of hydrogen-bond donors (Lipinski definition) is 0. The van der Waals surface area contributed by atoms with E-state index in [1.807, 2.05) is 0 Å². The number of nitrogens with zero attached hydrogens (tertiary/aromatic N) is 1. The van der Waals surface area contributed by atoms with Crippen molar-refractivity contribution in [3.63, 3.8) is 0 Å². The Morgan fingerprint density at radius 2 is 0.915 bits per heavy atom. The second kappa shape index (κ2) is 12.8. The molecule has 4 bridgehead atoms. The van der Waals surface area contributed by atoms with E-state index in [4.69, 9.17) is 0 Å². The first-order valence-corrected chi connectivity index (χ1v) is 22.5. The Morgan fingerprint density at radius 3 is 1.59 bits per heavy atom. The molecule has 7 aromatic carbocycles. The second-order valence-electron chi connectivity index (χ2n) is 20.5. The van der Waals surface area contributed by atoms with E-state index in [2.05, 4.69) is 184 Å². The van der Waals surface area contributed by atoms with Crippen LogP contribution >= 0.6 is 0 Å². The van der Waals surface area contributed by atoms with Gasteiger partial charge in [-0.1, -0.05) is 137 Å². The minimum absolute atomic E-state index is 0.125. The fourth-order valence-corrected chi connectivity index (χ4v) is 13.5. The lowest BCUT2D eigenvalue weighted by Gasteiger charge is -2.61. The molecule has 0 N–H and O–H groups in total. The van der Waals surface area contributed by atoms with Crippen LogP contribution in [0.4, 0.5) is 17.1 Å². The van der Waals surface area contributed by atoms with Gasteiger partial charge in [0.2, 0.25) is 0 Å². The maximum atomic E-state index is 2.63. The molecular weight excluding hydrogens is 711 g/mol. The molecule has 13 rings (SSSR count). The van der Waals surface area contributed by atoms with Gasteiger partial charge in [-0.25, -0.2) is 0 Å². The number of hydrogen-bond acceptors (Lipinski definition) is 1. The minimum Gasteiger partial charge on any atom is -0.310 e. The molecule has 0 unspecified atom stereocenters. The minimum atomic E-state index is 0.125. The molecule has 7 aromatic rings. The first kappa shape index (κ1) is 35.5. The van der Waals surface area contributed by atoms with Crippen LogP contribution in [0.25, 0.3) is 44.2 Å². The fourth-order valence-electron chi connectivity index (χ4n) is 13.5. The predicted octanol–water partition coefficient (Wildman–Crippen LogP) is 15.7. The fraction of sp³-hybridized carbons (Fsp3) is 0.310. The SMILES string of the molecule is CC1(C)CCC(C)(C)c2cc(-c3ccc(N(c4ccc(-c5ccc6ccccc6c5)cc4)c4ccc5c(c4)C4(c6ccccc6-5)C5CC6CC(C5)CC4C6)cc3)ccc21. The summed E-state index contributed by atoms with van der Waals surface area (Å²) >= 11 is 0. The van der Waals surface area contributed by atoms with Gasteiger partial charge in [0.1, 0.15) is 0 Å². The van der Waals surface area contributed by atoms with Crippen LogP contribution in [0.15, 0.2) is 152 Å². The normalized spacial score (nSPS) is 25.2. The highest BCUT2D eigenvalue weighted by molar-refractivity contribution is 5.89. The van der Waals surface area contributed by atoms with Crippen LogP contribution in [0.1, 0.15) is 94.9 Å². The van der Waals surface area contributed by atoms with E-state index in [-0.39, 0.29) is 16.2 Å². The van der Waals surface area contributed by atoms with Gasteiger partial charge in [-0.2, -0.15) is 0 Å². The molecular formula is C58H55N. The monoisotopic (exact) mass is 765 g/mol. The molecule has 4 fully saturated rings. The third-order valence-electron chi connectivity index (χ3n) is 16.3. The van der Waals surface area contributed by atoms with Crippen molar-refractivity contribution in [3.05, 3.63) is 174 Å². The average molecular weight is 766 g/mol. The van der Waals surface area contributed by atoms with E-state index >= 15 is 0 Å². The predicted molar refractivity (Wildman–Crippen MR) is 248 cm³/mol. The molecule has 1 spiro atoms. The number of benzene rings is 7. The highest BCUT2D eigenvalue weighted by Gasteiger charge is 2.61. The number of anilines is 3. The third kappa shape index (κ3) is 5.35. The molecule has 0 radical (unpaired) electrons. The van der Waals surface area contributed by atoms with Crippen molar-refractivity contribution >= 4 is 27.8 Å². The number of fused-ring (bicyclic) bond motifs is 5. The van der Waals surface area contributed by atoms with Crippen molar-refractivity contribution in [2.24, 2.45) is 23.7 Å². The van der Waals surface area contributed by atoms with Crippen molar-refractivity contribution < 1.29 is 0 Å². The summed E-state index contributed by atoms with van der Waals surface area (Å²) in [7, 11) is 0. The Hall–Kier alpha value is -5.40. The van der Waals surface area contributed by atoms with Crippen LogP contribution in [0.3, 0.4) is 0 Å². The van der Waals surface area contributed by atoms with Crippen LogP contribution in [0.5, 0.6) is 0 Å². The number of rotatable bonds is 5. The van der Waals surface area contributed by atoms with Gasteiger partial charge >= 0.3 is 0 Å². The summed E-state index contributed by atoms with van der Waals surface area (Å²) in [6.07, 6.45) is 9.50. The first-order chi connectivity index (χ1) is 28.7. The lowest BCUT2D eigenvalue weighted by atomic mass is 9.43. The molecule has 0 aromatic heterocycles. The summed E-state index contributed by atoms with van der Waals surface area (Å²) in [5, 5.41) is 2.56. The van der Waals surface area contributed by atoms with Gasteiger partial charge in [-0.05, 0) is 188 Å². The topological polar surface area (TPSA) is 3.24 Å². The molecule has 0 amide bonds. The van der Waals surface area contributed by atoms with Crippen LogP contribution < -0.4 is 4.90 Å². The van der Waals surface area contributed by atoms with Crippen molar-refractivity contribution in [3.8, 4) is 33.4 Å². The zero-order valence-electron chi connectivity index (χ0n) is 35.1. The maximum absolute atomic E-state index is 2.63. The largest absolute Gasteiger partial charge is 0.310 e. The molecule has 292 valence electrons. The Balaban J connectivity index is 0.980. The quantitative estimate of drug-likeness (QED) is 0.169. The third-order valence-corrected chi connectivity index (χ3v) is 16.3. The molecule has 6 aliphatic carbocycles. The summed E-state index contributed by atoms with van der Waals surface area (Å²) in [4.78, 5) is 2.53. The van der Waals surface area contributed by atoms with Gasteiger partial charge in [-0.15, -0.1) is 0 Å². The zero-order chi connectivity index (χ0) is 39.7. The van der Waals surface area contributed by atoms with Gasteiger partial charge in [0.05, 0.1) is 0 Å². The van der Waals surface area contributed by atoms with Crippen LogP contribution in [0.2, 0.25) is 0 Å². The smallest absolute Gasteiger partial charge is 0.0465 e. The first-order valence-electron chi connectivity index (χ1n) is 22.5. The molecule has 59 heavy (non-hydrogen) atoms. The molecule has 0 aliphatic heterocycles. The second-order valence-corrected chi connectivity index (χ2v) is 20.5. The van der Waals surface area contributed by atoms with Crippen LogP contribution in [-0.2, 0) is 16.2 Å². The maximum Gasteiger partial charge on any atom is 0.0465 e. The van der Waals surface area contributed by atoms with E-state index in [0.29, 0.717) is 0 Å². The van der Waals surface area contributed by atoms with E-state index in [9.17, 15) is 0 Å². The van der Waals surface area contributed by atoms with E-state index in [1.54, 1.807) is 11.1 Å². The Kier molecular flexibility index (Phi) is 7.71. The Bertz CT molecular complexity index is 2750. The van der Waals surface area contributed by atoms with Gasteiger partial charge in [-0.3, -0.25) is 0 Å². The van der Waals surface area contributed by atoms with Crippen LogP contribution in [-0.4, -0.2) is 0 Å². The standard InChI is InChI=1S/C58H55N/c1-56(2)27-28-57(3,4)55-35-44(19-26-53(55)56)41-17-22-48(23-18-41)59(47-20-15-40(16-21-47)43-14-13-39-9-5-6-10-42(39)34-43)49-24-25-51-50-11-7-8-12-52(50)58(54(51)36-49)45-30-37-29-38(32-45)33-46(58)31-37/h5-26,34-38,45-46H,27-33H2,1-4H3. The van der Waals surface area contributed by atoms with Gasteiger partial charge in [0.25, 0.3) is 0 Å². The molecule has 1 nitrogen and oxygen atoms in total. The summed E-state index contributed by atoms with van der Waals surface area (Å²) in [6.45, 7) is 9.70. The van der Waals surface area contributed by atoms with E-state index in [0.717, 1.165) is 23.7 Å². The summed E-state index contributed by atoms with van der Waals surface area (Å²) in [5.74, 6) is 3.31. The lowest BCUT2D eigenvalue weighted by Crippen LogP contribution is -2.55. The van der Waals surface area contributed by atoms with Crippen molar-refractivity contribution in [2.75, 3.05) is 4.90 Å². The molecule has 4 saturated carbocycles. The van der Waals surface area contributed by atoms with Crippen LogP contribution in [0, 0.1) is 23.7 Å². The molecule has 1 heteroatoms. The van der Waals surface area contributed by atoms with Gasteiger partial charge < -0.3 is 4.90 Å². The van der Waals surface area contributed by atoms with Crippen molar-refractivity contribution in [1.82, 2.24) is 0 Å². The Morgan fingerprint density at radius 1 is 0.390 bits per heavy atom. The van der Waals surface area contributed by atoms with Crippen molar-refractivity contribution in [2.45, 2.75) is 88.9 Å². The summed E-state index contributed by atoms with van der Waals surface area (Å²) in [5.41, 5.74) is 18.4. The zero-order valence-corrected chi connectivity index (χ0v) is 35.1. The highest BCUT2D eigenvalue weighted by atomic mass is 15.1. The lowest BCUT2D eigenvalue weighted by molar-refractivity contribution is -0.0399. The van der Waals surface area contributed by atoms with E-state index < -0.39 is 0 Å². The Labute approximate surface area is 351 Å². The molecule has 0 heterocycles. The molecule has 0 saturated heterocycles. The summed E-state index contributed by atoms with van der Waals surface area (Å²) in [6, 6.07) is 58.6. The average Bonchev–Trinajstić information content (AvgIpc) is 3.54. The summed E-state index contributed by atoms with van der Waals surface area (Å²) < 4.78 is 0. The molecule has 6 aliphatic rings. The highest BCUT2D eigenvalue weighted by Crippen LogP contribution is 2.69. The van der Waals surface area contributed by atoms with E-state index in [1.165, 1.54) is 117 Å². The van der Waals surface area contributed by atoms with Crippen molar-refractivity contribution in [1.29, 1.82) is 0 Å². The van der Waals surface area contributed by atoms with Gasteiger partial charge in [0, 0.05) is 22.5 Å².